The third-order valence-electron chi connectivity index (χ3n) is 3.80. The number of benzene rings is 2. The molecule has 0 spiro atoms. The average Bonchev–Trinajstić information content (AvgIpc) is 3.16. The van der Waals surface area contributed by atoms with E-state index in [1.807, 2.05) is 18.2 Å². The number of nitro groups is 2. The Hall–Kier alpha value is -4.19. The molecule has 1 heterocycles. The first kappa shape index (κ1) is 20.5. The number of amides is 1. The van der Waals surface area contributed by atoms with Gasteiger partial charge in [0, 0.05) is 18.4 Å². The fourth-order valence-electron chi connectivity index (χ4n) is 2.49. The van der Waals surface area contributed by atoms with Crippen LogP contribution in [0.15, 0.2) is 59.0 Å². The van der Waals surface area contributed by atoms with Gasteiger partial charge >= 0.3 is 5.69 Å². The highest BCUT2D eigenvalue weighted by molar-refractivity contribution is 7.14. The first-order valence-electron chi connectivity index (χ1n) is 8.40. The van der Waals surface area contributed by atoms with E-state index in [0.717, 1.165) is 12.1 Å². The van der Waals surface area contributed by atoms with Crippen LogP contribution < -0.4 is 10.3 Å². The Kier molecular flexibility index (Phi) is 6.08. The van der Waals surface area contributed by atoms with E-state index >= 15 is 0 Å². The highest BCUT2D eigenvalue weighted by Crippen LogP contribution is 2.30. The van der Waals surface area contributed by atoms with Gasteiger partial charge in [0.2, 0.25) is 5.91 Å². The Bertz CT molecular complexity index is 1130. The van der Waals surface area contributed by atoms with Crippen molar-refractivity contribution in [1.82, 2.24) is 4.98 Å². The van der Waals surface area contributed by atoms with Crippen LogP contribution in [0.25, 0.3) is 0 Å². The Labute approximate surface area is 173 Å². The van der Waals surface area contributed by atoms with Gasteiger partial charge in [0.05, 0.1) is 33.5 Å². The van der Waals surface area contributed by atoms with E-state index in [0.29, 0.717) is 16.5 Å². The van der Waals surface area contributed by atoms with E-state index in [-0.39, 0.29) is 11.6 Å². The van der Waals surface area contributed by atoms with Crippen LogP contribution in [0.4, 0.5) is 27.9 Å². The Morgan fingerprint density at radius 2 is 1.90 bits per heavy atom. The molecule has 12 heteroatoms. The van der Waals surface area contributed by atoms with Crippen molar-refractivity contribution in [3.05, 3.63) is 79.8 Å². The van der Waals surface area contributed by atoms with Crippen molar-refractivity contribution >= 4 is 51.3 Å². The van der Waals surface area contributed by atoms with Crippen LogP contribution in [0.2, 0.25) is 0 Å². The van der Waals surface area contributed by atoms with Gasteiger partial charge in [-0.05, 0) is 18.2 Å². The second-order valence-corrected chi connectivity index (χ2v) is 6.67. The van der Waals surface area contributed by atoms with Crippen molar-refractivity contribution in [2.24, 2.45) is 5.10 Å². The fourth-order valence-corrected chi connectivity index (χ4v) is 3.33. The molecule has 0 radical (unpaired) electrons. The molecule has 0 saturated carbocycles. The van der Waals surface area contributed by atoms with E-state index in [9.17, 15) is 25.0 Å². The smallest absolute Gasteiger partial charge is 0.274 e. The number of hydrazone groups is 1. The van der Waals surface area contributed by atoms with Gasteiger partial charge < -0.3 is 0 Å². The number of carbonyl (C=O) groups is 1. The molecule has 0 fully saturated rings. The molecule has 0 aliphatic heterocycles. The van der Waals surface area contributed by atoms with E-state index in [4.69, 9.17) is 0 Å². The third-order valence-corrected chi connectivity index (χ3v) is 4.65. The Balaban J connectivity index is 1.79. The normalized spacial score (nSPS) is 10.7. The number of rotatable bonds is 7. The molecule has 0 saturated heterocycles. The zero-order valence-electron chi connectivity index (χ0n) is 15.5. The summed E-state index contributed by atoms with van der Waals surface area (Å²) in [5, 5.41) is 28.0. The van der Waals surface area contributed by atoms with E-state index in [2.05, 4.69) is 15.5 Å². The van der Waals surface area contributed by atoms with Gasteiger partial charge in [0.25, 0.3) is 5.69 Å². The van der Waals surface area contributed by atoms with Gasteiger partial charge in [-0.3, -0.25) is 35.3 Å². The maximum absolute atomic E-state index is 12.1. The van der Waals surface area contributed by atoms with Gasteiger partial charge in [-0.15, -0.1) is 11.3 Å². The highest BCUT2D eigenvalue weighted by atomic mass is 32.1. The number of non-ortho nitro benzene ring substituents is 1. The molecule has 0 bridgehead atoms. The van der Waals surface area contributed by atoms with Crippen molar-refractivity contribution in [3.63, 3.8) is 0 Å². The lowest BCUT2D eigenvalue weighted by Gasteiger charge is -2.17. The van der Waals surface area contributed by atoms with Crippen molar-refractivity contribution in [3.8, 4) is 0 Å². The molecular formula is C18H14N6O5S. The summed E-state index contributed by atoms with van der Waals surface area (Å²) in [6.45, 7) is 1.43. The number of hydrogen-bond acceptors (Lipinski definition) is 9. The number of nitro benzene ring substituents is 2. The average molecular weight is 426 g/mol. The second kappa shape index (κ2) is 8.87. The maximum atomic E-state index is 12.1. The number of hydrogen-bond donors (Lipinski definition) is 1. The zero-order valence-corrected chi connectivity index (χ0v) is 16.3. The van der Waals surface area contributed by atoms with Crippen LogP contribution in [0.5, 0.6) is 0 Å². The monoisotopic (exact) mass is 426 g/mol. The molecule has 30 heavy (non-hydrogen) atoms. The summed E-state index contributed by atoms with van der Waals surface area (Å²) >= 11 is 1.23. The Morgan fingerprint density at radius 1 is 1.17 bits per heavy atom. The molecule has 11 nitrogen and oxygen atoms in total. The van der Waals surface area contributed by atoms with E-state index in [1.165, 1.54) is 35.4 Å². The molecule has 0 aliphatic carbocycles. The molecule has 1 N–H and O–H groups in total. The second-order valence-electron chi connectivity index (χ2n) is 5.83. The predicted molar refractivity (Wildman–Crippen MR) is 112 cm³/mol. The molecule has 0 unspecified atom stereocenters. The van der Waals surface area contributed by atoms with Crippen LogP contribution in [0.1, 0.15) is 12.6 Å². The molecule has 0 aliphatic rings. The molecule has 3 aromatic rings. The standard InChI is InChI=1S/C18H14N6O5S/c1-12(25)22(14-5-3-2-4-6-14)18-20-13(11-30-18)10-19-21-16-8-7-15(23(26)27)9-17(16)24(28)29/h2-11,21H,1H3. The van der Waals surface area contributed by atoms with Crippen molar-refractivity contribution < 1.29 is 14.6 Å². The number of anilines is 3. The highest BCUT2D eigenvalue weighted by Gasteiger charge is 2.19. The summed E-state index contributed by atoms with van der Waals surface area (Å²) in [7, 11) is 0. The zero-order chi connectivity index (χ0) is 21.7. The number of carbonyl (C=O) groups excluding carboxylic acids is 1. The van der Waals surface area contributed by atoms with Gasteiger partial charge in [-0.25, -0.2) is 4.98 Å². The number of aromatic nitrogens is 1. The lowest BCUT2D eigenvalue weighted by Crippen LogP contribution is -2.22. The van der Waals surface area contributed by atoms with Gasteiger partial charge in [-0.2, -0.15) is 5.10 Å². The number of nitrogens with zero attached hydrogens (tertiary/aromatic N) is 5. The lowest BCUT2D eigenvalue weighted by molar-refractivity contribution is -0.393. The SMILES string of the molecule is CC(=O)N(c1ccccc1)c1nc(C=NNc2ccc([N+](=O)[O-])cc2[N+](=O)[O-])cs1. The lowest BCUT2D eigenvalue weighted by atomic mass is 10.2. The molecule has 3 rings (SSSR count). The molecule has 1 amide bonds. The number of nitrogens with one attached hydrogen (secondary N) is 1. The van der Waals surface area contributed by atoms with Crippen LogP contribution in [0.3, 0.4) is 0 Å². The van der Waals surface area contributed by atoms with Crippen molar-refractivity contribution in [1.29, 1.82) is 0 Å². The summed E-state index contributed by atoms with van der Waals surface area (Å²) in [5.41, 5.74) is 2.70. The first-order chi connectivity index (χ1) is 14.4. The Morgan fingerprint density at radius 3 is 2.53 bits per heavy atom. The maximum Gasteiger partial charge on any atom is 0.301 e. The number of thiazole rings is 1. The minimum atomic E-state index is -0.740. The van der Waals surface area contributed by atoms with E-state index in [1.54, 1.807) is 17.5 Å². The van der Waals surface area contributed by atoms with Gasteiger partial charge in [0.15, 0.2) is 5.13 Å². The largest absolute Gasteiger partial charge is 0.301 e. The van der Waals surface area contributed by atoms with Crippen molar-refractivity contribution in [2.45, 2.75) is 6.92 Å². The third kappa shape index (κ3) is 4.62. The fraction of sp³-hybridized carbons (Fsp3) is 0.0556. The summed E-state index contributed by atoms with van der Waals surface area (Å²) < 4.78 is 0. The molecular weight excluding hydrogens is 412 g/mol. The molecule has 0 atom stereocenters. The summed E-state index contributed by atoms with van der Waals surface area (Å²) in [6.07, 6.45) is 1.33. The van der Waals surface area contributed by atoms with Crippen LogP contribution in [0, 0.1) is 20.2 Å². The van der Waals surface area contributed by atoms with Gasteiger partial charge in [-0.1, -0.05) is 18.2 Å². The quantitative estimate of drug-likeness (QED) is 0.340. The molecule has 152 valence electrons. The predicted octanol–water partition coefficient (Wildman–Crippen LogP) is 4.09. The minimum absolute atomic E-state index is 0.00745. The molecule has 1 aromatic heterocycles. The van der Waals surface area contributed by atoms with Crippen LogP contribution in [-0.4, -0.2) is 27.0 Å². The minimum Gasteiger partial charge on any atom is -0.274 e. The number of para-hydroxylation sites is 1. The molecule has 2 aromatic carbocycles. The van der Waals surface area contributed by atoms with Gasteiger partial charge in [0.1, 0.15) is 5.69 Å². The van der Waals surface area contributed by atoms with E-state index < -0.39 is 21.2 Å². The summed E-state index contributed by atoms with van der Waals surface area (Å²) in [5.74, 6) is -0.210. The topological polar surface area (TPSA) is 144 Å². The summed E-state index contributed by atoms with van der Waals surface area (Å²) in [4.78, 5) is 38.3. The first-order valence-corrected chi connectivity index (χ1v) is 9.28. The van der Waals surface area contributed by atoms with Crippen molar-refractivity contribution in [2.75, 3.05) is 10.3 Å². The summed E-state index contributed by atoms with van der Waals surface area (Å²) in [6, 6.07) is 12.2. The van der Waals surface area contributed by atoms with Crippen LogP contribution in [-0.2, 0) is 4.79 Å². The van der Waals surface area contributed by atoms with Crippen LogP contribution >= 0.6 is 11.3 Å².